The van der Waals surface area contributed by atoms with E-state index in [-0.39, 0.29) is 0 Å². The van der Waals surface area contributed by atoms with Gasteiger partial charge < -0.3 is 5.11 Å². The maximum atomic E-state index is 9.26. The van der Waals surface area contributed by atoms with Crippen LogP contribution in [0.2, 0.25) is 0 Å². The van der Waals surface area contributed by atoms with Crippen molar-refractivity contribution in [3.05, 3.63) is 20.8 Å². The zero-order chi connectivity index (χ0) is 7.56. The number of aliphatic hydroxyl groups is 1. The van der Waals surface area contributed by atoms with Crippen LogP contribution in [-0.2, 0) is 0 Å². The normalized spacial score (nSPS) is 13.5. The molecule has 1 rings (SSSR count). The minimum Gasteiger partial charge on any atom is -0.387 e. The number of thiophene rings is 1. The predicted octanol–water partition coefficient (Wildman–Crippen LogP) is 2.47. The van der Waals surface area contributed by atoms with E-state index >= 15 is 0 Å². The molecule has 1 nitrogen and oxygen atoms in total. The standard InChI is InChI=1S/C6H7BrOS2/c7-6-2-1-5(10-6)4(8)3-9/h1-2,4,8-9H,3H2. The molecular weight excluding hydrogens is 232 g/mol. The molecule has 0 saturated carbocycles. The van der Waals surface area contributed by atoms with E-state index in [1.54, 1.807) is 0 Å². The van der Waals surface area contributed by atoms with Gasteiger partial charge in [0.25, 0.3) is 0 Å². The average molecular weight is 239 g/mol. The molecule has 56 valence electrons. The van der Waals surface area contributed by atoms with Crippen molar-refractivity contribution in [2.75, 3.05) is 5.75 Å². The molecular formula is C6H7BrOS2. The SMILES string of the molecule is OC(CS)c1ccc(Br)s1. The number of hydrogen-bond acceptors (Lipinski definition) is 3. The first-order valence-corrected chi connectivity index (χ1v) is 5.02. The van der Waals surface area contributed by atoms with E-state index in [4.69, 9.17) is 0 Å². The number of aliphatic hydroxyl groups excluding tert-OH is 1. The lowest BCUT2D eigenvalue weighted by Crippen LogP contribution is -1.93. The first kappa shape index (κ1) is 8.59. The Morgan fingerprint density at radius 1 is 1.70 bits per heavy atom. The smallest absolute Gasteiger partial charge is 0.0969 e. The van der Waals surface area contributed by atoms with Crippen molar-refractivity contribution in [3.8, 4) is 0 Å². The summed E-state index contributed by atoms with van der Waals surface area (Å²) >= 11 is 8.83. The summed E-state index contributed by atoms with van der Waals surface area (Å²) in [7, 11) is 0. The van der Waals surface area contributed by atoms with Gasteiger partial charge in [0.1, 0.15) is 0 Å². The van der Waals surface area contributed by atoms with Crippen molar-refractivity contribution in [2.45, 2.75) is 6.10 Å². The Morgan fingerprint density at radius 3 is 2.80 bits per heavy atom. The highest BCUT2D eigenvalue weighted by Crippen LogP contribution is 2.27. The van der Waals surface area contributed by atoms with Crippen molar-refractivity contribution >= 4 is 39.9 Å². The molecule has 0 aliphatic heterocycles. The highest BCUT2D eigenvalue weighted by Gasteiger charge is 2.06. The maximum Gasteiger partial charge on any atom is 0.0969 e. The first-order chi connectivity index (χ1) is 4.74. The van der Waals surface area contributed by atoms with Crippen LogP contribution in [0.1, 0.15) is 11.0 Å². The van der Waals surface area contributed by atoms with Crippen LogP contribution < -0.4 is 0 Å². The predicted molar refractivity (Wildman–Crippen MR) is 50.8 cm³/mol. The van der Waals surface area contributed by atoms with Gasteiger partial charge in [0.15, 0.2) is 0 Å². The number of hydrogen-bond donors (Lipinski definition) is 2. The third-order valence-corrected chi connectivity index (χ3v) is 3.17. The largest absolute Gasteiger partial charge is 0.387 e. The molecule has 0 saturated heterocycles. The lowest BCUT2D eigenvalue weighted by molar-refractivity contribution is 0.208. The molecule has 0 aliphatic rings. The fraction of sp³-hybridized carbons (Fsp3) is 0.333. The zero-order valence-corrected chi connectivity index (χ0v) is 8.42. The lowest BCUT2D eigenvalue weighted by Gasteiger charge is -2.01. The third kappa shape index (κ3) is 1.99. The van der Waals surface area contributed by atoms with E-state index in [2.05, 4.69) is 28.6 Å². The van der Waals surface area contributed by atoms with Gasteiger partial charge >= 0.3 is 0 Å². The zero-order valence-electron chi connectivity index (χ0n) is 5.12. The minimum absolute atomic E-state index is 0.417. The van der Waals surface area contributed by atoms with Gasteiger partial charge in [-0.15, -0.1) is 11.3 Å². The molecule has 1 atom stereocenters. The second kappa shape index (κ2) is 3.76. The highest BCUT2D eigenvalue weighted by molar-refractivity contribution is 9.11. The lowest BCUT2D eigenvalue weighted by atomic mass is 10.3. The molecule has 0 spiro atoms. The van der Waals surface area contributed by atoms with Crippen LogP contribution in [0.5, 0.6) is 0 Å². The van der Waals surface area contributed by atoms with Crippen molar-refractivity contribution in [3.63, 3.8) is 0 Å². The number of halogens is 1. The first-order valence-electron chi connectivity index (χ1n) is 2.78. The summed E-state index contributed by atoms with van der Waals surface area (Å²) in [4.78, 5) is 0.960. The fourth-order valence-corrected chi connectivity index (χ4v) is 2.33. The van der Waals surface area contributed by atoms with Crippen LogP contribution in [0.15, 0.2) is 15.9 Å². The van der Waals surface area contributed by atoms with E-state index in [9.17, 15) is 5.11 Å². The van der Waals surface area contributed by atoms with Crippen LogP contribution >= 0.6 is 39.9 Å². The second-order valence-electron chi connectivity index (χ2n) is 1.84. The van der Waals surface area contributed by atoms with Gasteiger partial charge in [0.05, 0.1) is 9.89 Å². The summed E-state index contributed by atoms with van der Waals surface area (Å²) in [5.74, 6) is 0.479. The van der Waals surface area contributed by atoms with E-state index in [1.165, 1.54) is 11.3 Å². The summed E-state index contributed by atoms with van der Waals surface area (Å²) in [6, 6.07) is 3.82. The Labute approximate surface area is 77.6 Å². The third-order valence-electron chi connectivity index (χ3n) is 1.10. The van der Waals surface area contributed by atoms with Crippen LogP contribution in [0.25, 0.3) is 0 Å². The van der Waals surface area contributed by atoms with E-state index in [0.29, 0.717) is 5.75 Å². The second-order valence-corrected chi connectivity index (χ2v) is 4.70. The molecule has 1 unspecified atom stereocenters. The average Bonchev–Trinajstić information content (AvgIpc) is 2.34. The van der Waals surface area contributed by atoms with Gasteiger partial charge in [-0.2, -0.15) is 12.6 Å². The summed E-state index contributed by atoms with van der Waals surface area (Å²) in [6.07, 6.45) is -0.417. The summed E-state index contributed by atoms with van der Waals surface area (Å²) in [5.41, 5.74) is 0. The van der Waals surface area contributed by atoms with Crippen LogP contribution in [0.3, 0.4) is 0 Å². The van der Waals surface area contributed by atoms with Crippen molar-refractivity contribution in [1.82, 2.24) is 0 Å². The molecule has 1 aromatic heterocycles. The van der Waals surface area contributed by atoms with Gasteiger partial charge in [0, 0.05) is 10.6 Å². The Morgan fingerprint density at radius 2 is 2.40 bits per heavy atom. The molecule has 1 aromatic rings. The van der Waals surface area contributed by atoms with Gasteiger partial charge in [-0.25, -0.2) is 0 Å². The summed E-state index contributed by atoms with van der Waals surface area (Å²) < 4.78 is 1.04. The Kier molecular flexibility index (Phi) is 3.23. The van der Waals surface area contributed by atoms with Crippen LogP contribution in [-0.4, -0.2) is 10.9 Å². The maximum absolute atomic E-state index is 9.26. The summed E-state index contributed by atoms with van der Waals surface area (Å²) in [5, 5.41) is 9.26. The van der Waals surface area contributed by atoms with Gasteiger partial charge in [-0.3, -0.25) is 0 Å². The van der Waals surface area contributed by atoms with Gasteiger partial charge in [-0.1, -0.05) is 0 Å². The van der Waals surface area contributed by atoms with Crippen LogP contribution in [0.4, 0.5) is 0 Å². The van der Waals surface area contributed by atoms with Gasteiger partial charge in [-0.05, 0) is 28.1 Å². The Balaban J connectivity index is 2.74. The molecule has 0 radical (unpaired) electrons. The van der Waals surface area contributed by atoms with Gasteiger partial charge in [0.2, 0.25) is 0 Å². The fourth-order valence-electron chi connectivity index (χ4n) is 0.597. The van der Waals surface area contributed by atoms with E-state index in [1.807, 2.05) is 12.1 Å². The highest BCUT2D eigenvalue weighted by atomic mass is 79.9. The van der Waals surface area contributed by atoms with E-state index in [0.717, 1.165) is 8.66 Å². The monoisotopic (exact) mass is 238 g/mol. The van der Waals surface area contributed by atoms with Crippen LogP contribution in [0, 0.1) is 0 Å². The molecule has 0 aromatic carbocycles. The molecule has 4 heteroatoms. The summed E-state index contributed by atoms with van der Waals surface area (Å²) in [6.45, 7) is 0. The molecule has 10 heavy (non-hydrogen) atoms. The number of rotatable bonds is 2. The van der Waals surface area contributed by atoms with E-state index < -0.39 is 6.10 Å². The molecule has 1 heterocycles. The number of thiol groups is 1. The molecule has 0 amide bonds. The molecule has 0 fully saturated rings. The quantitative estimate of drug-likeness (QED) is 0.759. The molecule has 0 aliphatic carbocycles. The Hall–Kier alpha value is 0.490. The minimum atomic E-state index is -0.417. The van der Waals surface area contributed by atoms with Crippen molar-refractivity contribution < 1.29 is 5.11 Å². The van der Waals surface area contributed by atoms with Crippen molar-refractivity contribution in [1.29, 1.82) is 0 Å². The van der Waals surface area contributed by atoms with Crippen molar-refractivity contribution in [2.24, 2.45) is 0 Å². The molecule has 0 bridgehead atoms. The molecule has 1 N–H and O–H groups in total. The topological polar surface area (TPSA) is 20.2 Å². The Bertz CT molecular complexity index is 211.